The van der Waals surface area contributed by atoms with Crippen molar-refractivity contribution >= 4 is 46.3 Å². The first kappa shape index (κ1) is 41.6. The highest BCUT2D eigenvalue weighted by atomic mass is 35.5. The standard InChI is InChI=1S/C43H57ClN6O6S/c1-2-38-47-36(29-57-38)42(53)49-23-26-56-43(30-49)16-20-48(21-17-43)27-33-9-5-7-31(40(33)44)14-24-54-25-15-39(52)50(34-10-3-4-11-34)22-19-45-18-13-32-8-6-12-35-41(32)55-28-37(51)46-35/h5-9,12,29,34,45H,2-4,10-11,13-28,30H2,1H3,(H,46,51). The number of hydrogen-bond acceptors (Lipinski definition) is 10. The van der Waals surface area contributed by atoms with Crippen LogP contribution in [0.15, 0.2) is 41.8 Å². The highest BCUT2D eigenvalue weighted by Crippen LogP contribution is 2.34. The maximum atomic E-state index is 13.5. The fourth-order valence-electron chi connectivity index (χ4n) is 8.60. The molecule has 3 aliphatic heterocycles. The van der Waals surface area contributed by atoms with Gasteiger partial charge < -0.3 is 34.6 Å². The van der Waals surface area contributed by atoms with Crippen LogP contribution in [0.2, 0.25) is 5.02 Å². The SMILES string of the molecule is CCc1nc(C(=O)N2CCOC3(CCN(Cc4cccc(CCOCCC(=O)N(CCNCCc5cccc6c5OCC(=O)N6)C5CCCC5)c4Cl)CC3)C2)cs1. The summed E-state index contributed by atoms with van der Waals surface area (Å²) >= 11 is 8.52. The monoisotopic (exact) mass is 820 g/mol. The summed E-state index contributed by atoms with van der Waals surface area (Å²) in [4.78, 5) is 49.3. The number of amides is 3. The minimum atomic E-state index is -0.314. The average molecular weight is 821 g/mol. The number of fused-ring (bicyclic) bond motifs is 1. The molecule has 0 radical (unpaired) electrons. The van der Waals surface area contributed by atoms with Gasteiger partial charge in [0.2, 0.25) is 5.91 Å². The summed E-state index contributed by atoms with van der Waals surface area (Å²) in [6.07, 6.45) is 8.81. The van der Waals surface area contributed by atoms with Gasteiger partial charge in [0.1, 0.15) is 11.4 Å². The number of aromatic nitrogens is 1. The summed E-state index contributed by atoms with van der Waals surface area (Å²) in [5.41, 5.74) is 4.17. The summed E-state index contributed by atoms with van der Waals surface area (Å²) in [6.45, 7) is 9.36. The second-order valence-corrected chi connectivity index (χ2v) is 17.0. The largest absolute Gasteiger partial charge is 0.481 e. The van der Waals surface area contributed by atoms with Crippen molar-refractivity contribution in [2.24, 2.45) is 0 Å². The zero-order valence-electron chi connectivity index (χ0n) is 33.2. The number of nitrogens with one attached hydrogen (secondary N) is 2. The summed E-state index contributed by atoms with van der Waals surface area (Å²) in [7, 11) is 0. The van der Waals surface area contributed by atoms with E-state index in [-0.39, 0.29) is 29.9 Å². The minimum absolute atomic E-state index is 0.00916. The molecule has 3 amide bonds. The van der Waals surface area contributed by atoms with Gasteiger partial charge in [-0.3, -0.25) is 19.3 Å². The number of thiazole rings is 1. The topological polar surface area (TPSA) is 126 Å². The van der Waals surface area contributed by atoms with E-state index < -0.39 is 0 Å². The van der Waals surface area contributed by atoms with Crippen molar-refractivity contribution in [1.82, 2.24) is 25.0 Å². The number of likely N-dealkylation sites (tertiary alicyclic amines) is 1. The lowest BCUT2D eigenvalue weighted by Gasteiger charge is -2.47. The second kappa shape index (κ2) is 19.9. The number of rotatable bonds is 17. The number of para-hydroxylation sites is 1. The van der Waals surface area contributed by atoms with Crippen molar-refractivity contribution in [3.63, 3.8) is 0 Å². The molecule has 1 spiro atoms. The lowest BCUT2D eigenvalue weighted by molar-refractivity contribution is -0.134. The number of morpholine rings is 1. The molecule has 308 valence electrons. The third-order valence-corrected chi connectivity index (χ3v) is 13.3. The van der Waals surface area contributed by atoms with Gasteiger partial charge in [-0.05, 0) is 74.2 Å². The smallest absolute Gasteiger partial charge is 0.273 e. The number of carbonyl (C=O) groups is 3. The third kappa shape index (κ3) is 10.7. The molecule has 1 aromatic heterocycles. The van der Waals surface area contributed by atoms with Gasteiger partial charge in [0, 0.05) is 55.7 Å². The van der Waals surface area contributed by atoms with Crippen LogP contribution in [-0.2, 0) is 44.9 Å². The van der Waals surface area contributed by atoms with Crippen LogP contribution in [0.25, 0.3) is 0 Å². The van der Waals surface area contributed by atoms with Crippen LogP contribution >= 0.6 is 22.9 Å². The Balaban J connectivity index is 0.816. The van der Waals surface area contributed by atoms with Gasteiger partial charge in [0.05, 0.1) is 49.1 Å². The molecule has 0 bridgehead atoms. The zero-order valence-corrected chi connectivity index (χ0v) is 34.8. The van der Waals surface area contributed by atoms with Gasteiger partial charge >= 0.3 is 0 Å². The number of hydrogen-bond donors (Lipinski definition) is 2. The number of nitrogens with zero attached hydrogens (tertiary/aromatic N) is 4. The first-order valence-corrected chi connectivity index (χ1v) is 22.1. The van der Waals surface area contributed by atoms with Crippen LogP contribution in [0, 0.1) is 0 Å². The second-order valence-electron chi connectivity index (χ2n) is 15.7. The molecular formula is C43H57ClN6O6S. The molecule has 2 aromatic carbocycles. The van der Waals surface area contributed by atoms with E-state index in [2.05, 4.69) is 50.5 Å². The number of halogens is 1. The van der Waals surface area contributed by atoms with Gasteiger partial charge in [0.25, 0.3) is 11.8 Å². The van der Waals surface area contributed by atoms with Crippen LogP contribution in [0.5, 0.6) is 5.75 Å². The Morgan fingerprint density at radius 1 is 1.05 bits per heavy atom. The van der Waals surface area contributed by atoms with E-state index in [4.69, 9.17) is 25.8 Å². The van der Waals surface area contributed by atoms with E-state index in [9.17, 15) is 14.4 Å². The minimum Gasteiger partial charge on any atom is -0.481 e. The number of carbonyl (C=O) groups excluding carboxylic acids is 3. The summed E-state index contributed by atoms with van der Waals surface area (Å²) < 4.78 is 18.1. The van der Waals surface area contributed by atoms with Crippen molar-refractivity contribution in [1.29, 1.82) is 0 Å². The van der Waals surface area contributed by atoms with Crippen molar-refractivity contribution < 1.29 is 28.6 Å². The number of anilines is 1. The fourth-order valence-corrected chi connectivity index (χ4v) is 9.60. The number of benzene rings is 2. The number of aryl methyl sites for hydroxylation is 1. The first-order chi connectivity index (χ1) is 27.8. The van der Waals surface area contributed by atoms with Crippen LogP contribution in [0.4, 0.5) is 5.69 Å². The van der Waals surface area contributed by atoms with Crippen LogP contribution in [0.1, 0.15) is 84.1 Å². The van der Waals surface area contributed by atoms with Gasteiger partial charge in [-0.25, -0.2) is 4.98 Å². The maximum Gasteiger partial charge on any atom is 0.273 e. The Morgan fingerprint density at radius 2 is 1.84 bits per heavy atom. The van der Waals surface area contributed by atoms with E-state index in [1.54, 1.807) is 11.3 Å². The van der Waals surface area contributed by atoms with Gasteiger partial charge in [0.15, 0.2) is 6.61 Å². The molecule has 4 heterocycles. The van der Waals surface area contributed by atoms with E-state index >= 15 is 0 Å². The molecule has 12 nitrogen and oxygen atoms in total. The molecule has 1 aliphatic carbocycles. The van der Waals surface area contributed by atoms with Gasteiger partial charge in [-0.1, -0.05) is 61.7 Å². The Bertz CT molecular complexity index is 1840. The summed E-state index contributed by atoms with van der Waals surface area (Å²) in [6, 6.07) is 12.3. The number of ether oxygens (including phenoxy) is 3. The Kier molecular flexibility index (Phi) is 14.5. The Labute approximate surface area is 345 Å². The lowest BCUT2D eigenvalue weighted by Crippen LogP contribution is -2.58. The van der Waals surface area contributed by atoms with Crippen LogP contribution in [-0.4, -0.2) is 121 Å². The lowest BCUT2D eigenvalue weighted by atomic mass is 9.89. The normalized spacial score (nSPS) is 18.4. The zero-order chi connectivity index (χ0) is 39.6. The molecule has 3 fully saturated rings. The van der Waals surface area contributed by atoms with Crippen molar-refractivity contribution in [3.8, 4) is 5.75 Å². The van der Waals surface area contributed by atoms with Crippen LogP contribution < -0.4 is 15.4 Å². The van der Waals surface area contributed by atoms with Crippen molar-refractivity contribution in [2.45, 2.75) is 89.3 Å². The van der Waals surface area contributed by atoms with Crippen LogP contribution in [0.3, 0.4) is 0 Å². The molecule has 2 saturated heterocycles. The molecule has 2 N–H and O–H groups in total. The van der Waals surface area contributed by atoms with E-state index in [1.165, 1.54) is 0 Å². The molecule has 4 aliphatic rings. The molecule has 14 heteroatoms. The Morgan fingerprint density at radius 3 is 2.65 bits per heavy atom. The molecule has 7 rings (SSSR count). The van der Waals surface area contributed by atoms with Gasteiger partial charge in [-0.2, -0.15) is 0 Å². The van der Waals surface area contributed by atoms with E-state index in [0.29, 0.717) is 70.6 Å². The summed E-state index contributed by atoms with van der Waals surface area (Å²) in [5, 5.41) is 10.0. The highest BCUT2D eigenvalue weighted by Gasteiger charge is 2.41. The van der Waals surface area contributed by atoms with E-state index in [0.717, 1.165) is 116 Å². The predicted molar refractivity (Wildman–Crippen MR) is 222 cm³/mol. The van der Waals surface area contributed by atoms with Crippen molar-refractivity contribution in [2.75, 3.05) is 77.6 Å². The first-order valence-electron chi connectivity index (χ1n) is 20.8. The van der Waals surface area contributed by atoms with Crippen molar-refractivity contribution in [3.05, 3.63) is 74.2 Å². The molecule has 1 saturated carbocycles. The maximum absolute atomic E-state index is 13.5. The Hall–Kier alpha value is -3.59. The summed E-state index contributed by atoms with van der Waals surface area (Å²) in [5.74, 6) is 0.775. The van der Waals surface area contributed by atoms with E-state index in [1.807, 2.05) is 28.5 Å². The third-order valence-electron chi connectivity index (χ3n) is 11.8. The van der Waals surface area contributed by atoms with Gasteiger partial charge in [-0.15, -0.1) is 11.3 Å². The highest BCUT2D eigenvalue weighted by molar-refractivity contribution is 7.09. The fraction of sp³-hybridized carbons (Fsp3) is 0.581. The predicted octanol–water partition coefficient (Wildman–Crippen LogP) is 5.75. The number of piperidine rings is 1. The quantitative estimate of drug-likeness (QED) is 0.164. The molecular weight excluding hydrogens is 764 g/mol. The molecule has 0 atom stereocenters. The molecule has 57 heavy (non-hydrogen) atoms. The molecule has 0 unspecified atom stereocenters. The average Bonchev–Trinajstić information content (AvgIpc) is 3.94. The molecule has 3 aromatic rings.